The smallest absolute Gasteiger partial charge is 0.157 e. The van der Waals surface area contributed by atoms with E-state index < -0.39 is 0 Å². The Bertz CT molecular complexity index is 287. The van der Waals surface area contributed by atoms with E-state index in [-0.39, 0.29) is 6.10 Å². The summed E-state index contributed by atoms with van der Waals surface area (Å²) in [5.74, 6) is 0.774. The zero-order valence-corrected chi connectivity index (χ0v) is 9.66. The van der Waals surface area contributed by atoms with Gasteiger partial charge in [-0.15, -0.1) is 0 Å². The number of methoxy groups -OCH3 is 1. The Morgan fingerprint density at radius 1 is 1.47 bits per heavy atom. The second kappa shape index (κ2) is 6.48. The standard InChI is InChI=1S/C11H19N3O/c1-4-10(15-3)11-13-7-6-9(14-11)8-12-5-2/h6-7,10,12H,4-5,8H2,1-3H3. The maximum atomic E-state index is 5.30. The Morgan fingerprint density at radius 3 is 2.87 bits per heavy atom. The van der Waals surface area contributed by atoms with Gasteiger partial charge in [-0.3, -0.25) is 0 Å². The lowest BCUT2D eigenvalue weighted by molar-refractivity contribution is 0.0923. The molecule has 4 heteroatoms. The number of nitrogens with one attached hydrogen (secondary N) is 1. The van der Waals surface area contributed by atoms with Crippen molar-refractivity contribution in [2.24, 2.45) is 0 Å². The number of rotatable bonds is 6. The van der Waals surface area contributed by atoms with Gasteiger partial charge in [-0.05, 0) is 19.0 Å². The summed E-state index contributed by atoms with van der Waals surface area (Å²) in [5, 5.41) is 3.24. The third-order valence-electron chi connectivity index (χ3n) is 2.23. The van der Waals surface area contributed by atoms with Crippen LogP contribution in [0, 0.1) is 0 Å². The van der Waals surface area contributed by atoms with Crippen LogP contribution in [-0.4, -0.2) is 23.6 Å². The topological polar surface area (TPSA) is 47.0 Å². The van der Waals surface area contributed by atoms with Crippen LogP contribution < -0.4 is 5.32 Å². The van der Waals surface area contributed by atoms with Crippen molar-refractivity contribution < 1.29 is 4.74 Å². The van der Waals surface area contributed by atoms with Gasteiger partial charge in [-0.2, -0.15) is 0 Å². The summed E-state index contributed by atoms with van der Waals surface area (Å²) >= 11 is 0. The molecule has 0 aromatic carbocycles. The molecule has 0 saturated carbocycles. The number of nitrogens with zero attached hydrogens (tertiary/aromatic N) is 2. The van der Waals surface area contributed by atoms with Crippen molar-refractivity contribution in [3.8, 4) is 0 Å². The van der Waals surface area contributed by atoms with E-state index in [2.05, 4.69) is 29.1 Å². The summed E-state index contributed by atoms with van der Waals surface area (Å²) in [6, 6.07) is 1.93. The zero-order valence-electron chi connectivity index (χ0n) is 9.66. The van der Waals surface area contributed by atoms with Gasteiger partial charge in [0.15, 0.2) is 5.82 Å². The van der Waals surface area contributed by atoms with Crippen molar-refractivity contribution >= 4 is 0 Å². The summed E-state index contributed by atoms with van der Waals surface area (Å²) in [7, 11) is 1.69. The van der Waals surface area contributed by atoms with Gasteiger partial charge in [0.25, 0.3) is 0 Å². The minimum atomic E-state index is 0.00609. The molecule has 84 valence electrons. The fraction of sp³-hybridized carbons (Fsp3) is 0.636. The van der Waals surface area contributed by atoms with Crippen molar-refractivity contribution in [1.29, 1.82) is 0 Å². The lowest BCUT2D eigenvalue weighted by Gasteiger charge is -2.12. The van der Waals surface area contributed by atoms with Crippen molar-refractivity contribution in [1.82, 2.24) is 15.3 Å². The zero-order chi connectivity index (χ0) is 11.1. The number of ether oxygens (including phenoxy) is 1. The molecule has 0 aliphatic heterocycles. The van der Waals surface area contributed by atoms with Crippen LogP contribution in [0.4, 0.5) is 0 Å². The molecular formula is C11H19N3O. The fourth-order valence-corrected chi connectivity index (χ4v) is 1.37. The van der Waals surface area contributed by atoms with Gasteiger partial charge >= 0.3 is 0 Å². The van der Waals surface area contributed by atoms with Crippen molar-refractivity contribution in [2.45, 2.75) is 32.9 Å². The highest BCUT2D eigenvalue weighted by atomic mass is 16.5. The summed E-state index contributed by atoms with van der Waals surface area (Å²) in [6.07, 6.45) is 2.68. The molecule has 15 heavy (non-hydrogen) atoms. The molecule has 1 aromatic heterocycles. The Morgan fingerprint density at radius 2 is 2.27 bits per heavy atom. The molecule has 1 rings (SSSR count). The van der Waals surface area contributed by atoms with E-state index in [9.17, 15) is 0 Å². The van der Waals surface area contributed by atoms with Crippen LogP contribution >= 0.6 is 0 Å². The third-order valence-corrected chi connectivity index (χ3v) is 2.23. The largest absolute Gasteiger partial charge is 0.373 e. The molecule has 4 nitrogen and oxygen atoms in total. The minimum Gasteiger partial charge on any atom is -0.373 e. The second-order valence-corrected chi connectivity index (χ2v) is 3.32. The number of aromatic nitrogens is 2. The average Bonchev–Trinajstić information content (AvgIpc) is 2.29. The first-order chi connectivity index (χ1) is 7.31. The van der Waals surface area contributed by atoms with E-state index in [1.807, 2.05) is 6.07 Å². The molecule has 0 fully saturated rings. The number of hydrogen-bond donors (Lipinski definition) is 1. The Kier molecular flexibility index (Phi) is 5.21. The molecule has 0 bridgehead atoms. The van der Waals surface area contributed by atoms with E-state index in [0.717, 1.165) is 31.0 Å². The van der Waals surface area contributed by atoms with Crippen LogP contribution in [0.25, 0.3) is 0 Å². The first-order valence-electron chi connectivity index (χ1n) is 5.37. The maximum Gasteiger partial charge on any atom is 0.157 e. The molecule has 0 aliphatic rings. The Balaban J connectivity index is 2.72. The second-order valence-electron chi connectivity index (χ2n) is 3.32. The molecule has 0 saturated heterocycles. The third kappa shape index (κ3) is 3.57. The van der Waals surface area contributed by atoms with E-state index >= 15 is 0 Å². The maximum absolute atomic E-state index is 5.30. The van der Waals surface area contributed by atoms with Crippen LogP contribution in [0.2, 0.25) is 0 Å². The molecule has 0 aliphatic carbocycles. The van der Waals surface area contributed by atoms with Gasteiger partial charge in [0, 0.05) is 19.9 Å². The molecule has 1 N–H and O–H groups in total. The predicted octanol–water partition coefficient (Wildman–Crippen LogP) is 1.68. The SMILES string of the molecule is CCNCc1ccnc(C(CC)OC)n1. The van der Waals surface area contributed by atoms with E-state index in [1.54, 1.807) is 13.3 Å². The molecule has 1 heterocycles. The van der Waals surface area contributed by atoms with Crippen molar-refractivity contribution in [3.05, 3.63) is 23.8 Å². The highest BCUT2D eigenvalue weighted by Crippen LogP contribution is 2.15. The van der Waals surface area contributed by atoms with Crippen LogP contribution in [-0.2, 0) is 11.3 Å². The van der Waals surface area contributed by atoms with Gasteiger partial charge in [0.05, 0.1) is 5.69 Å². The Hall–Kier alpha value is -1.00. The van der Waals surface area contributed by atoms with Crippen LogP contribution in [0.3, 0.4) is 0 Å². The van der Waals surface area contributed by atoms with Gasteiger partial charge in [0.1, 0.15) is 6.10 Å². The van der Waals surface area contributed by atoms with Gasteiger partial charge in [-0.1, -0.05) is 13.8 Å². The molecule has 1 aromatic rings. The van der Waals surface area contributed by atoms with Gasteiger partial charge in [-0.25, -0.2) is 9.97 Å². The first kappa shape index (κ1) is 12.1. The average molecular weight is 209 g/mol. The normalized spacial score (nSPS) is 12.7. The molecular weight excluding hydrogens is 190 g/mol. The lowest BCUT2D eigenvalue weighted by atomic mass is 10.2. The fourth-order valence-electron chi connectivity index (χ4n) is 1.37. The monoisotopic (exact) mass is 209 g/mol. The van der Waals surface area contributed by atoms with Crippen LogP contribution in [0.15, 0.2) is 12.3 Å². The van der Waals surface area contributed by atoms with Crippen molar-refractivity contribution in [2.75, 3.05) is 13.7 Å². The molecule has 0 spiro atoms. The van der Waals surface area contributed by atoms with Gasteiger partial charge in [0.2, 0.25) is 0 Å². The highest BCUT2D eigenvalue weighted by molar-refractivity contribution is 5.04. The Labute approximate surface area is 91.1 Å². The first-order valence-corrected chi connectivity index (χ1v) is 5.37. The molecule has 0 amide bonds. The highest BCUT2D eigenvalue weighted by Gasteiger charge is 2.11. The van der Waals surface area contributed by atoms with Crippen LogP contribution in [0.1, 0.15) is 37.9 Å². The van der Waals surface area contributed by atoms with Crippen molar-refractivity contribution in [3.63, 3.8) is 0 Å². The van der Waals surface area contributed by atoms with Gasteiger partial charge < -0.3 is 10.1 Å². The summed E-state index contributed by atoms with van der Waals surface area (Å²) in [6.45, 7) is 5.87. The lowest BCUT2D eigenvalue weighted by Crippen LogP contribution is -2.15. The molecule has 1 atom stereocenters. The molecule has 1 unspecified atom stereocenters. The minimum absolute atomic E-state index is 0.00609. The molecule has 0 radical (unpaired) electrons. The number of hydrogen-bond acceptors (Lipinski definition) is 4. The summed E-state index contributed by atoms with van der Waals surface area (Å²) < 4.78 is 5.30. The van der Waals surface area contributed by atoms with E-state index in [1.165, 1.54) is 0 Å². The van der Waals surface area contributed by atoms with Crippen LogP contribution in [0.5, 0.6) is 0 Å². The van der Waals surface area contributed by atoms with E-state index in [4.69, 9.17) is 4.74 Å². The quantitative estimate of drug-likeness (QED) is 0.774. The summed E-state index contributed by atoms with van der Waals surface area (Å²) in [4.78, 5) is 8.68. The van der Waals surface area contributed by atoms with E-state index in [0.29, 0.717) is 0 Å². The summed E-state index contributed by atoms with van der Waals surface area (Å²) in [5.41, 5.74) is 1.01. The predicted molar refractivity (Wildman–Crippen MR) is 59.5 cm³/mol.